The van der Waals surface area contributed by atoms with Gasteiger partial charge in [-0.05, 0) is 84.9 Å². The summed E-state index contributed by atoms with van der Waals surface area (Å²) in [4.78, 5) is 20.4. The number of benzene rings is 8. The van der Waals surface area contributed by atoms with E-state index in [4.69, 9.17) is 15.0 Å². The van der Waals surface area contributed by atoms with Crippen molar-refractivity contribution in [3.05, 3.63) is 207 Å². The van der Waals surface area contributed by atoms with Crippen LogP contribution in [0.4, 0.5) is 0 Å². The molecule has 0 N–H and O–H groups in total. The zero-order valence-electron chi connectivity index (χ0n) is 34.2. The molecule has 0 unspecified atom stereocenters. The van der Waals surface area contributed by atoms with Crippen molar-refractivity contribution in [3.8, 4) is 34.7 Å². The van der Waals surface area contributed by atoms with Crippen LogP contribution >= 0.6 is 0 Å². The molecule has 0 radical (unpaired) electrons. The molecular formula is C56H34N8. The van der Waals surface area contributed by atoms with E-state index in [1.54, 1.807) is 6.20 Å². The van der Waals surface area contributed by atoms with Gasteiger partial charge in [0.1, 0.15) is 0 Å². The number of fused-ring (bicyclic) bond motifs is 12. The van der Waals surface area contributed by atoms with Crippen molar-refractivity contribution in [1.82, 2.24) is 38.2 Å². The minimum absolute atomic E-state index is 0.521. The monoisotopic (exact) mass is 818 g/mol. The van der Waals surface area contributed by atoms with Gasteiger partial charge in [0.05, 0.1) is 44.1 Å². The Morgan fingerprint density at radius 1 is 0.281 bits per heavy atom. The lowest BCUT2D eigenvalue weighted by molar-refractivity contribution is 0.892. The Hall–Kier alpha value is -8.88. The average molecular weight is 819 g/mol. The van der Waals surface area contributed by atoms with Crippen LogP contribution in [-0.2, 0) is 0 Å². The third-order valence-corrected chi connectivity index (χ3v) is 12.9. The van der Waals surface area contributed by atoms with Crippen molar-refractivity contribution in [2.24, 2.45) is 0 Å². The summed E-state index contributed by atoms with van der Waals surface area (Å²) in [6, 6.07) is 69.0. The van der Waals surface area contributed by atoms with Crippen molar-refractivity contribution in [2.45, 2.75) is 0 Å². The molecule has 64 heavy (non-hydrogen) atoms. The molecule has 6 heterocycles. The molecule has 14 aromatic rings. The number of nitrogens with zero attached hydrogens (tertiary/aromatic N) is 8. The Morgan fingerprint density at radius 2 is 0.625 bits per heavy atom. The highest BCUT2D eigenvalue weighted by atomic mass is 15.3. The molecule has 0 saturated carbocycles. The second kappa shape index (κ2) is 13.3. The van der Waals surface area contributed by atoms with Gasteiger partial charge in [-0.3, -0.25) is 14.1 Å². The molecule has 298 valence electrons. The molecule has 0 fully saturated rings. The first-order valence-corrected chi connectivity index (χ1v) is 21.5. The Labute approximate surface area is 365 Å². The largest absolute Gasteiger partial charge is 0.309 e. The summed E-state index contributed by atoms with van der Waals surface area (Å²) in [5, 5.41) is 9.36. The van der Waals surface area contributed by atoms with Crippen LogP contribution in [0.15, 0.2) is 207 Å². The summed E-state index contributed by atoms with van der Waals surface area (Å²) >= 11 is 0. The van der Waals surface area contributed by atoms with E-state index < -0.39 is 0 Å². The van der Waals surface area contributed by atoms with Gasteiger partial charge in [0.2, 0.25) is 11.9 Å². The maximum Gasteiger partial charge on any atom is 0.240 e. The van der Waals surface area contributed by atoms with Crippen molar-refractivity contribution < 1.29 is 0 Å². The van der Waals surface area contributed by atoms with E-state index in [0.29, 0.717) is 17.7 Å². The van der Waals surface area contributed by atoms with E-state index in [2.05, 4.69) is 205 Å². The maximum atomic E-state index is 5.43. The van der Waals surface area contributed by atoms with Gasteiger partial charge >= 0.3 is 0 Å². The molecule has 0 aliphatic rings. The van der Waals surface area contributed by atoms with E-state index >= 15 is 0 Å². The summed E-state index contributed by atoms with van der Waals surface area (Å²) in [6.07, 6.45) is 3.59. The molecule has 8 heteroatoms. The number of hydrogen-bond donors (Lipinski definition) is 0. The summed E-state index contributed by atoms with van der Waals surface area (Å²) in [5.74, 6) is 1.58. The standard InChI is InChI=1S/C56H34N8/c1-7-21-46-38(15-1)39-16-2-8-22-47(39)61(46)36-27-29-52-44(32-36)42-19-5-11-25-50(42)63(52)55-58-54(35-14-13-31-57-34-35)59-56(60-55)64-51-26-12-6-20-43(51)45-33-37(28-30-53(45)64)62-48-23-9-3-17-40(48)41-18-4-10-24-49(41)62/h1-34H. The smallest absolute Gasteiger partial charge is 0.240 e. The van der Waals surface area contributed by atoms with Crippen LogP contribution in [0.5, 0.6) is 0 Å². The van der Waals surface area contributed by atoms with Crippen LogP contribution < -0.4 is 0 Å². The minimum Gasteiger partial charge on any atom is -0.309 e. The van der Waals surface area contributed by atoms with E-state index in [1.165, 1.54) is 43.6 Å². The number of aromatic nitrogens is 8. The minimum atomic E-state index is 0.521. The molecule has 14 rings (SSSR count). The molecule has 0 spiro atoms. The van der Waals surface area contributed by atoms with Crippen molar-refractivity contribution in [3.63, 3.8) is 0 Å². The molecule has 0 amide bonds. The third kappa shape index (κ3) is 4.93. The second-order valence-corrected chi connectivity index (χ2v) is 16.3. The zero-order valence-corrected chi connectivity index (χ0v) is 34.2. The molecule has 0 atom stereocenters. The Bertz CT molecular complexity index is 3850. The Morgan fingerprint density at radius 3 is 1.00 bits per heavy atom. The zero-order chi connectivity index (χ0) is 41.9. The fourth-order valence-electron chi connectivity index (χ4n) is 10.2. The van der Waals surface area contributed by atoms with Gasteiger partial charge in [-0.1, -0.05) is 109 Å². The number of rotatable bonds is 5. The lowest BCUT2D eigenvalue weighted by atomic mass is 10.1. The number of pyridine rings is 1. The lowest BCUT2D eigenvalue weighted by Gasteiger charge is -2.13. The first-order valence-electron chi connectivity index (χ1n) is 21.5. The maximum absolute atomic E-state index is 5.43. The highest BCUT2D eigenvalue weighted by Gasteiger charge is 2.22. The third-order valence-electron chi connectivity index (χ3n) is 12.9. The predicted molar refractivity (Wildman–Crippen MR) is 260 cm³/mol. The molecule has 0 bridgehead atoms. The quantitative estimate of drug-likeness (QED) is 0.173. The van der Waals surface area contributed by atoms with Gasteiger partial charge in [-0.2, -0.15) is 15.0 Å². The normalized spacial score (nSPS) is 12.1. The summed E-state index contributed by atoms with van der Waals surface area (Å²) in [5.41, 5.74) is 11.7. The van der Waals surface area contributed by atoms with E-state index in [0.717, 1.165) is 60.5 Å². The number of hydrogen-bond acceptors (Lipinski definition) is 4. The highest BCUT2D eigenvalue weighted by molar-refractivity contribution is 6.14. The fraction of sp³-hybridized carbons (Fsp3) is 0. The van der Waals surface area contributed by atoms with Crippen LogP contribution in [0, 0.1) is 0 Å². The molecule has 6 aromatic heterocycles. The van der Waals surface area contributed by atoms with Gasteiger partial charge in [-0.25, -0.2) is 0 Å². The fourth-order valence-corrected chi connectivity index (χ4v) is 10.2. The van der Waals surface area contributed by atoms with Gasteiger partial charge in [0.25, 0.3) is 0 Å². The van der Waals surface area contributed by atoms with E-state index in [1.807, 2.05) is 18.3 Å². The van der Waals surface area contributed by atoms with Crippen LogP contribution in [0.2, 0.25) is 0 Å². The van der Waals surface area contributed by atoms with Gasteiger partial charge < -0.3 is 9.13 Å². The Balaban J connectivity index is 1.01. The summed E-state index contributed by atoms with van der Waals surface area (Å²) in [6.45, 7) is 0. The van der Waals surface area contributed by atoms with E-state index in [9.17, 15) is 0 Å². The van der Waals surface area contributed by atoms with Crippen LogP contribution in [-0.4, -0.2) is 38.2 Å². The first-order chi connectivity index (χ1) is 31.8. The van der Waals surface area contributed by atoms with E-state index in [-0.39, 0.29) is 0 Å². The van der Waals surface area contributed by atoms with Gasteiger partial charge in [-0.15, -0.1) is 0 Å². The first kappa shape index (κ1) is 34.8. The van der Waals surface area contributed by atoms with Crippen LogP contribution in [0.3, 0.4) is 0 Å². The predicted octanol–water partition coefficient (Wildman–Crippen LogP) is 13.3. The second-order valence-electron chi connectivity index (χ2n) is 16.3. The van der Waals surface area contributed by atoms with Crippen molar-refractivity contribution >= 4 is 87.2 Å². The average Bonchev–Trinajstić information content (AvgIpc) is 4.09. The Kier molecular flexibility index (Phi) is 7.23. The molecule has 0 aliphatic heterocycles. The molecule has 8 nitrogen and oxygen atoms in total. The number of para-hydroxylation sites is 6. The van der Waals surface area contributed by atoms with Gasteiger partial charge in [0.15, 0.2) is 5.82 Å². The highest BCUT2D eigenvalue weighted by Crippen LogP contribution is 2.39. The molecule has 0 aliphatic carbocycles. The molecule has 8 aromatic carbocycles. The van der Waals surface area contributed by atoms with Crippen molar-refractivity contribution in [2.75, 3.05) is 0 Å². The molecule has 0 saturated heterocycles. The van der Waals surface area contributed by atoms with Gasteiger partial charge in [0, 0.05) is 72.4 Å². The summed E-state index contributed by atoms with van der Waals surface area (Å²) in [7, 11) is 0. The summed E-state index contributed by atoms with van der Waals surface area (Å²) < 4.78 is 9.10. The van der Waals surface area contributed by atoms with Crippen LogP contribution in [0.25, 0.3) is 122 Å². The van der Waals surface area contributed by atoms with Crippen LogP contribution in [0.1, 0.15) is 0 Å². The lowest BCUT2D eigenvalue weighted by Crippen LogP contribution is -2.10. The topological polar surface area (TPSA) is 71.3 Å². The van der Waals surface area contributed by atoms with Crippen molar-refractivity contribution in [1.29, 1.82) is 0 Å². The SMILES string of the molecule is c1cncc(-c2nc(-n3c4ccccc4c4cc(-n5c6ccccc6c6ccccc65)ccc43)nc(-n3c4ccccc4c4cc(-n5c6ccccc6c6ccccc65)ccc43)n2)c1. The molecular weight excluding hydrogens is 785 g/mol.